The molecule has 74 valence electrons. The summed E-state index contributed by atoms with van der Waals surface area (Å²) in [6.07, 6.45) is 3.52. The molecule has 0 aliphatic carbocycles. The van der Waals surface area contributed by atoms with Gasteiger partial charge in [-0.05, 0) is 32.4 Å². The van der Waals surface area contributed by atoms with Crippen molar-refractivity contribution in [1.29, 1.82) is 0 Å². The molecule has 0 amide bonds. The maximum absolute atomic E-state index is 8.98. The molecule has 0 fully saturated rings. The molecule has 0 aromatic rings. The first-order chi connectivity index (χ1) is 5.81. The Morgan fingerprint density at radius 3 is 2.50 bits per heavy atom. The normalized spacial score (nSPS) is 13.2. The standard InChI is InChI=1S/C9H21NO2/c1-2-3-6-10-7-4-5-9(12)8-11/h9-12H,2-8H2,1H3. The highest BCUT2D eigenvalue weighted by Crippen LogP contribution is 1.94. The third kappa shape index (κ3) is 7.98. The topological polar surface area (TPSA) is 52.5 Å². The molecule has 0 aromatic carbocycles. The Labute approximate surface area is 74.8 Å². The molecule has 0 rings (SSSR count). The highest BCUT2D eigenvalue weighted by Gasteiger charge is 1.99. The number of aliphatic hydroxyl groups excluding tert-OH is 2. The Hall–Kier alpha value is -0.120. The van der Waals surface area contributed by atoms with Gasteiger partial charge in [0.05, 0.1) is 12.7 Å². The van der Waals surface area contributed by atoms with E-state index in [-0.39, 0.29) is 6.61 Å². The Morgan fingerprint density at radius 2 is 1.92 bits per heavy atom. The lowest BCUT2D eigenvalue weighted by molar-refractivity contribution is 0.0866. The van der Waals surface area contributed by atoms with Gasteiger partial charge in [0.1, 0.15) is 0 Å². The molecule has 0 bridgehead atoms. The Kier molecular flexibility index (Phi) is 8.88. The van der Waals surface area contributed by atoms with Crippen molar-refractivity contribution in [2.24, 2.45) is 0 Å². The molecule has 3 nitrogen and oxygen atoms in total. The first kappa shape index (κ1) is 11.9. The zero-order valence-electron chi connectivity index (χ0n) is 7.92. The zero-order chi connectivity index (χ0) is 9.23. The third-order valence-corrected chi connectivity index (χ3v) is 1.81. The van der Waals surface area contributed by atoms with Crippen LogP contribution in [0.5, 0.6) is 0 Å². The van der Waals surface area contributed by atoms with Gasteiger partial charge in [0.15, 0.2) is 0 Å². The maximum Gasteiger partial charge on any atom is 0.0771 e. The molecule has 0 radical (unpaired) electrons. The van der Waals surface area contributed by atoms with Crippen molar-refractivity contribution in [2.75, 3.05) is 19.7 Å². The van der Waals surface area contributed by atoms with Crippen LogP contribution in [0.15, 0.2) is 0 Å². The Balaban J connectivity index is 2.90. The molecular formula is C9H21NO2. The molecule has 1 atom stereocenters. The van der Waals surface area contributed by atoms with Gasteiger partial charge in [-0.25, -0.2) is 0 Å². The van der Waals surface area contributed by atoms with Gasteiger partial charge >= 0.3 is 0 Å². The van der Waals surface area contributed by atoms with Gasteiger partial charge in [-0.1, -0.05) is 13.3 Å². The summed E-state index contributed by atoms with van der Waals surface area (Å²) in [5, 5.41) is 20.8. The third-order valence-electron chi connectivity index (χ3n) is 1.81. The minimum atomic E-state index is -0.530. The van der Waals surface area contributed by atoms with Crippen molar-refractivity contribution in [3.8, 4) is 0 Å². The number of aliphatic hydroxyl groups is 2. The number of rotatable bonds is 8. The fourth-order valence-electron chi connectivity index (χ4n) is 0.981. The van der Waals surface area contributed by atoms with Gasteiger partial charge in [0.2, 0.25) is 0 Å². The van der Waals surface area contributed by atoms with Crippen LogP contribution in [0.25, 0.3) is 0 Å². The van der Waals surface area contributed by atoms with E-state index in [0.29, 0.717) is 6.42 Å². The van der Waals surface area contributed by atoms with E-state index in [9.17, 15) is 0 Å². The maximum atomic E-state index is 8.98. The van der Waals surface area contributed by atoms with Crippen molar-refractivity contribution in [1.82, 2.24) is 5.32 Å². The lowest BCUT2D eigenvalue weighted by Gasteiger charge is -2.06. The highest BCUT2D eigenvalue weighted by molar-refractivity contribution is 4.54. The fourth-order valence-corrected chi connectivity index (χ4v) is 0.981. The predicted octanol–water partition coefficient (Wildman–Crippen LogP) is 0.510. The monoisotopic (exact) mass is 175 g/mol. The van der Waals surface area contributed by atoms with Crippen LogP contribution in [0.3, 0.4) is 0 Å². The molecule has 0 spiro atoms. The van der Waals surface area contributed by atoms with Crippen LogP contribution in [-0.2, 0) is 0 Å². The molecule has 0 aromatic heterocycles. The van der Waals surface area contributed by atoms with Crippen LogP contribution in [0.1, 0.15) is 32.6 Å². The SMILES string of the molecule is CCCCNCCCC(O)CO. The van der Waals surface area contributed by atoms with E-state index in [0.717, 1.165) is 19.5 Å². The molecule has 3 heteroatoms. The molecular weight excluding hydrogens is 154 g/mol. The van der Waals surface area contributed by atoms with Crippen LogP contribution in [0.2, 0.25) is 0 Å². The lowest BCUT2D eigenvalue weighted by Crippen LogP contribution is -2.19. The van der Waals surface area contributed by atoms with Gasteiger partial charge in [-0.3, -0.25) is 0 Å². The second-order valence-electron chi connectivity index (χ2n) is 3.08. The molecule has 0 aliphatic rings. The van der Waals surface area contributed by atoms with Gasteiger partial charge < -0.3 is 15.5 Å². The van der Waals surface area contributed by atoms with E-state index >= 15 is 0 Å². The highest BCUT2D eigenvalue weighted by atomic mass is 16.3. The first-order valence-corrected chi connectivity index (χ1v) is 4.81. The van der Waals surface area contributed by atoms with Crippen molar-refractivity contribution in [2.45, 2.75) is 38.7 Å². The summed E-state index contributed by atoms with van der Waals surface area (Å²) < 4.78 is 0. The second-order valence-corrected chi connectivity index (χ2v) is 3.08. The molecule has 0 saturated heterocycles. The minimum absolute atomic E-state index is 0.116. The number of hydrogen-bond acceptors (Lipinski definition) is 3. The van der Waals surface area contributed by atoms with Crippen LogP contribution in [0, 0.1) is 0 Å². The fraction of sp³-hybridized carbons (Fsp3) is 1.00. The van der Waals surface area contributed by atoms with E-state index in [4.69, 9.17) is 10.2 Å². The molecule has 12 heavy (non-hydrogen) atoms. The average Bonchev–Trinajstić information content (AvgIpc) is 2.10. The van der Waals surface area contributed by atoms with Gasteiger partial charge in [-0.15, -0.1) is 0 Å². The van der Waals surface area contributed by atoms with Crippen LogP contribution < -0.4 is 5.32 Å². The first-order valence-electron chi connectivity index (χ1n) is 4.81. The summed E-state index contributed by atoms with van der Waals surface area (Å²) in [5.41, 5.74) is 0. The minimum Gasteiger partial charge on any atom is -0.394 e. The van der Waals surface area contributed by atoms with E-state index < -0.39 is 6.10 Å². The van der Waals surface area contributed by atoms with Crippen molar-refractivity contribution < 1.29 is 10.2 Å². The van der Waals surface area contributed by atoms with Crippen LogP contribution in [0.4, 0.5) is 0 Å². The Morgan fingerprint density at radius 1 is 1.25 bits per heavy atom. The molecule has 0 saturated carbocycles. The van der Waals surface area contributed by atoms with Gasteiger partial charge in [-0.2, -0.15) is 0 Å². The van der Waals surface area contributed by atoms with E-state index in [1.165, 1.54) is 12.8 Å². The van der Waals surface area contributed by atoms with E-state index in [1.807, 2.05) is 0 Å². The predicted molar refractivity (Wildman–Crippen MR) is 50.1 cm³/mol. The second kappa shape index (κ2) is 8.97. The molecule has 1 unspecified atom stereocenters. The summed E-state index contributed by atoms with van der Waals surface area (Å²) in [5.74, 6) is 0. The summed E-state index contributed by atoms with van der Waals surface area (Å²) >= 11 is 0. The summed E-state index contributed by atoms with van der Waals surface area (Å²) in [4.78, 5) is 0. The summed E-state index contributed by atoms with van der Waals surface area (Å²) in [6, 6.07) is 0. The van der Waals surface area contributed by atoms with Crippen molar-refractivity contribution >= 4 is 0 Å². The summed E-state index contributed by atoms with van der Waals surface area (Å²) in [6.45, 7) is 4.05. The molecule has 3 N–H and O–H groups in total. The summed E-state index contributed by atoms with van der Waals surface area (Å²) in [7, 11) is 0. The number of nitrogens with one attached hydrogen (secondary N) is 1. The van der Waals surface area contributed by atoms with E-state index in [1.54, 1.807) is 0 Å². The van der Waals surface area contributed by atoms with Crippen molar-refractivity contribution in [3.05, 3.63) is 0 Å². The quantitative estimate of drug-likeness (QED) is 0.471. The number of unbranched alkanes of at least 4 members (excludes halogenated alkanes) is 1. The zero-order valence-corrected chi connectivity index (χ0v) is 7.92. The average molecular weight is 175 g/mol. The van der Waals surface area contributed by atoms with Crippen LogP contribution >= 0.6 is 0 Å². The van der Waals surface area contributed by atoms with E-state index in [2.05, 4.69) is 12.2 Å². The lowest BCUT2D eigenvalue weighted by atomic mass is 10.2. The molecule has 0 aliphatic heterocycles. The van der Waals surface area contributed by atoms with Crippen LogP contribution in [-0.4, -0.2) is 36.0 Å². The van der Waals surface area contributed by atoms with Gasteiger partial charge in [0.25, 0.3) is 0 Å². The smallest absolute Gasteiger partial charge is 0.0771 e. The molecule has 0 heterocycles. The van der Waals surface area contributed by atoms with Crippen molar-refractivity contribution in [3.63, 3.8) is 0 Å². The number of hydrogen-bond donors (Lipinski definition) is 3. The largest absolute Gasteiger partial charge is 0.394 e. The van der Waals surface area contributed by atoms with Gasteiger partial charge in [0, 0.05) is 0 Å². The Bertz CT molecular complexity index is 88.6.